The highest BCUT2D eigenvalue weighted by molar-refractivity contribution is 5.92. The molecule has 1 N–H and O–H groups in total. The van der Waals surface area contributed by atoms with Gasteiger partial charge in [0.05, 0.1) is 0 Å². The molecule has 3 rings (SSSR count). The van der Waals surface area contributed by atoms with E-state index < -0.39 is 0 Å². The van der Waals surface area contributed by atoms with Gasteiger partial charge in [-0.05, 0) is 67.6 Å². The van der Waals surface area contributed by atoms with Gasteiger partial charge in [-0.2, -0.15) is 0 Å². The van der Waals surface area contributed by atoms with E-state index in [4.69, 9.17) is 0 Å². The Morgan fingerprint density at radius 2 is 1.68 bits per heavy atom. The average Bonchev–Trinajstić information content (AvgIpc) is 2.79. The van der Waals surface area contributed by atoms with E-state index in [0.29, 0.717) is 6.54 Å². The topological polar surface area (TPSA) is 34.0 Å². The number of carbonyl (C=O) groups is 1. The molecule has 3 nitrogen and oxygen atoms in total. The molecule has 2 aromatic carbocycles. The van der Waals surface area contributed by atoms with Gasteiger partial charge in [0, 0.05) is 17.4 Å². The quantitative estimate of drug-likeness (QED) is 0.771. The third-order valence-corrected chi connectivity index (χ3v) is 3.75. The summed E-state index contributed by atoms with van der Waals surface area (Å²) in [7, 11) is 0. The number of fused-ring (bicyclic) bond motifs is 1. The SMILES string of the molecule is Cc1cc(C)cc(NC(=O)Cn2ccc3cc(C)ccc32)c1. The van der Waals surface area contributed by atoms with E-state index in [1.807, 2.05) is 42.8 Å². The molecular weight excluding hydrogens is 272 g/mol. The van der Waals surface area contributed by atoms with Crippen LogP contribution in [0.2, 0.25) is 0 Å². The van der Waals surface area contributed by atoms with Crippen molar-refractivity contribution < 1.29 is 4.79 Å². The van der Waals surface area contributed by atoms with Crippen LogP contribution < -0.4 is 5.32 Å². The van der Waals surface area contributed by atoms with Crippen LogP contribution in [0.1, 0.15) is 16.7 Å². The highest BCUT2D eigenvalue weighted by Crippen LogP contribution is 2.18. The number of nitrogens with zero attached hydrogens (tertiary/aromatic N) is 1. The number of nitrogens with one attached hydrogen (secondary N) is 1. The molecule has 0 atom stereocenters. The van der Waals surface area contributed by atoms with Crippen molar-refractivity contribution in [2.45, 2.75) is 27.3 Å². The summed E-state index contributed by atoms with van der Waals surface area (Å²) in [6.45, 7) is 6.46. The molecule has 0 saturated heterocycles. The number of hydrogen-bond acceptors (Lipinski definition) is 1. The van der Waals surface area contributed by atoms with Crippen molar-refractivity contribution in [1.82, 2.24) is 4.57 Å². The van der Waals surface area contributed by atoms with Gasteiger partial charge in [0.15, 0.2) is 0 Å². The number of aromatic nitrogens is 1. The first-order valence-electron chi connectivity index (χ1n) is 7.45. The van der Waals surface area contributed by atoms with Crippen LogP contribution in [0, 0.1) is 20.8 Å². The fourth-order valence-corrected chi connectivity index (χ4v) is 2.86. The Balaban J connectivity index is 1.78. The Bertz CT molecular complexity index is 826. The maximum atomic E-state index is 12.3. The summed E-state index contributed by atoms with van der Waals surface area (Å²) in [4.78, 5) is 12.3. The van der Waals surface area contributed by atoms with Crippen molar-refractivity contribution in [3.05, 3.63) is 65.4 Å². The Morgan fingerprint density at radius 1 is 0.955 bits per heavy atom. The average molecular weight is 292 g/mol. The van der Waals surface area contributed by atoms with E-state index in [1.54, 1.807) is 0 Å². The van der Waals surface area contributed by atoms with Gasteiger partial charge in [-0.3, -0.25) is 4.79 Å². The number of hydrogen-bond donors (Lipinski definition) is 1. The summed E-state index contributed by atoms with van der Waals surface area (Å²) >= 11 is 0. The van der Waals surface area contributed by atoms with Crippen molar-refractivity contribution in [3.8, 4) is 0 Å². The molecular formula is C19H20N2O. The summed E-state index contributed by atoms with van der Waals surface area (Å²) < 4.78 is 1.98. The van der Waals surface area contributed by atoms with Crippen LogP contribution in [0.4, 0.5) is 5.69 Å². The molecule has 0 bridgehead atoms. The zero-order valence-corrected chi connectivity index (χ0v) is 13.2. The zero-order valence-electron chi connectivity index (χ0n) is 13.2. The first kappa shape index (κ1) is 14.4. The van der Waals surface area contributed by atoms with Gasteiger partial charge in [0.2, 0.25) is 5.91 Å². The summed E-state index contributed by atoms with van der Waals surface area (Å²) in [6, 6.07) is 14.4. The fraction of sp³-hybridized carbons (Fsp3) is 0.211. The number of carbonyl (C=O) groups excluding carboxylic acids is 1. The monoisotopic (exact) mass is 292 g/mol. The third kappa shape index (κ3) is 3.03. The number of benzene rings is 2. The molecule has 1 aromatic heterocycles. The van der Waals surface area contributed by atoms with Crippen LogP contribution in [0.25, 0.3) is 10.9 Å². The Kier molecular flexibility index (Phi) is 3.72. The third-order valence-electron chi connectivity index (χ3n) is 3.75. The van der Waals surface area contributed by atoms with Crippen molar-refractivity contribution in [3.63, 3.8) is 0 Å². The molecule has 3 heteroatoms. The molecule has 1 heterocycles. The first-order valence-corrected chi connectivity index (χ1v) is 7.45. The van der Waals surface area contributed by atoms with Crippen molar-refractivity contribution in [2.75, 3.05) is 5.32 Å². The largest absolute Gasteiger partial charge is 0.338 e. The predicted molar refractivity (Wildman–Crippen MR) is 91.2 cm³/mol. The van der Waals surface area contributed by atoms with Crippen LogP contribution in [0.15, 0.2) is 48.7 Å². The molecule has 0 spiro atoms. The molecule has 0 fully saturated rings. The van der Waals surface area contributed by atoms with Crippen LogP contribution in [0.3, 0.4) is 0 Å². The van der Waals surface area contributed by atoms with Gasteiger partial charge in [-0.25, -0.2) is 0 Å². The molecule has 0 unspecified atom stereocenters. The Labute approximate surface area is 130 Å². The van der Waals surface area contributed by atoms with E-state index in [0.717, 1.165) is 22.3 Å². The Hall–Kier alpha value is -2.55. The molecule has 112 valence electrons. The minimum Gasteiger partial charge on any atom is -0.338 e. The molecule has 1 amide bonds. The van der Waals surface area contributed by atoms with Crippen molar-refractivity contribution in [1.29, 1.82) is 0 Å². The van der Waals surface area contributed by atoms with E-state index in [9.17, 15) is 4.79 Å². The molecule has 0 radical (unpaired) electrons. The van der Waals surface area contributed by atoms with Crippen LogP contribution in [-0.4, -0.2) is 10.5 Å². The van der Waals surface area contributed by atoms with Crippen molar-refractivity contribution in [2.24, 2.45) is 0 Å². The maximum Gasteiger partial charge on any atom is 0.244 e. The van der Waals surface area contributed by atoms with Gasteiger partial charge in [-0.15, -0.1) is 0 Å². The lowest BCUT2D eigenvalue weighted by Gasteiger charge is -2.09. The lowest BCUT2D eigenvalue weighted by molar-refractivity contribution is -0.116. The molecule has 0 aliphatic rings. The van der Waals surface area contributed by atoms with Gasteiger partial charge < -0.3 is 9.88 Å². The normalized spacial score (nSPS) is 10.9. The summed E-state index contributed by atoms with van der Waals surface area (Å²) in [5.41, 5.74) is 5.47. The second-order valence-corrected chi connectivity index (χ2v) is 5.93. The van der Waals surface area contributed by atoms with Gasteiger partial charge >= 0.3 is 0 Å². The predicted octanol–water partition coefficient (Wildman–Crippen LogP) is 4.21. The van der Waals surface area contributed by atoms with Crippen LogP contribution >= 0.6 is 0 Å². The lowest BCUT2D eigenvalue weighted by Crippen LogP contribution is -2.18. The maximum absolute atomic E-state index is 12.3. The number of amides is 1. The number of aryl methyl sites for hydroxylation is 3. The number of anilines is 1. The number of rotatable bonds is 3. The fourth-order valence-electron chi connectivity index (χ4n) is 2.86. The van der Waals surface area contributed by atoms with Gasteiger partial charge in [0.1, 0.15) is 6.54 Å². The van der Waals surface area contributed by atoms with Crippen LogP contribution in [-0.2, 0) is 11.3 Å². The minimum atomic E-state index is -0.0110. The molecule has 3 aromatic rings. The lowest BCUT2D eigenvalue weighted by atomic mass is 10.1. The van der Waals surface area contributed by atoms with E-state index in [1.165, 1.54) is 10.9 Å². The van der Waals surface area contributed by atoms with Gasteiger partial charge in [-0.1, -0.05) is 17.7 Å². The van der Waals surface area contributed by atoms with E-state index in [2.05, 4.69) is 36.5 Å². The minimum absolute atomic E-state index is 0.0110. The highest BCUT2D eigenvalue weighted by Gasteiger charge is 2.07. The molecule has 0 aliphatic heterocycles. The summed E-state index contributed by atoms with van der Waals surface area (Å²) in [5, 5.41) is 4.14. The molecule has 0 aliphatic carbocycles. The second-order valence-electron chi connectivity index (χ2n) is 5.93. The first-order chi connectivity index (χ1) is 10.5. The summed E-state index contributed by atoms with van der Waals surface area (Å²) in [6.07, 6.45) is 1.96. The highest BCUT2D eigenvalue weighted by atomic mass is 16.1. The Morgan fingerprint density at radius 3 is 2.41 bits per heavy atom. The second kappa shape index (κ2) is 5.68. The smallest absolute Gasteiger partial charge is 0.244 e. The van der Waals surface area contributed by atoms with Crippen LogP contribution in [0.5, 0.6) is 0 Å². The van der Waals surface area contributed by atoms with E-state index in [-0.39, 0.29) is 5.91 Å². The molecule has 0 saturated carbocycles. The van der Waals surface area contributed by atoms with Crippen molar-refractivity contribution >= 4 is 22.5 Å². The molecule has 22 heavy (non-hydrogen) atoms. The zero-order chi connectivity index (χ0) is 15.7. The van der Waals surface area contributed by atoms with Gasteiger partial charge in [0.25, 0.3) is 0 Å². The van der Waals surface area contributed by atoms with E-state index >= 15 is 0 Å². The summed E-state index contributed by atoms with van der Waals surface area (Å²) in [5.74, 6) is -0.0110. The standard InChI is InChI=1S/C19H20N2O/c1-13-4-5-18-16(9-13)6-7-21(18)12-19(22)20-17-10-14(2)8-15(3)11-17/h4-11H,12H2,1-3H3,(H,20,22).